The standard InChI is InChI=1S/C22H24ClF3N2O3/c1-2-20(29)28-12-6-5-8-18(28)21(30)27-14-10-11-15(17(23)13-14)16-7-3-4-9-19(16)31-22(24,25)26/h3-4,7,9-11,13,18,20,29H,2,5-6,8,12H2,1H3,(H,27,30). The fourth-order valence-corrected chi connectivity index (χ4v) is 4.05. The summed E-state index contributed by atoms with van der Waals surface area (Å²) in [6.45, 7) is 2.50. The van der Waals surface area contributed by atoms with E-state index < -0.39 is 18.6 Å². The van der Waals surface area contributed by atoms with E-state index in [1.807, 2.05) is 6.92 Å². The highest BCUT2D eigenvalue weighted by Gasteiger charge is 2.33. The highest BCUT2D eigenvalue weighted by molar-refractivity contribution is 6.33. The molecule has 0 aromatic heterocycles. The van der Waals surface area contributed by atoms with Crippen LogP contribution < -0.4 is 10.1 Å². The second-order valence-electron chi connectivity index (χ2n) is 7.37. The number of anilines is 1. The average molecular weight is 457 g/mol. The number of carbonyl (C=O) groups is 1. The van der Waals surface area contributed by atoms with E-state index in [1.54, 1.807) is 17.0 Å². The van der Waals surface area contributed by atoms with Crippen molar-refractivity contribution >= 4 is 23.2 Å². The summed E-state index contributed by atoms with van der Waals surface area (Å²) in [5.41, 5.74) is 0.955. The molecule has 3 rings (SSSR count). The molecule has 2 N–H and O–H groups in total. The highest BCUT2D eigenvalue weighted by atomic mass is 35.5. The van der Waals surface area contributed by atoms with E-state index in [4.69, 9.17) is 11.6 Å². The number of halogens is 4. The maximum absolute atomic E-state index is 12.8. The van der Waals surface area contributed by atoms with E-state index in [0.717, 1.165) is 12.8 Å². The van der Waals surface area contributed by atoms with Gasteiger partial charge in [0.25, 0.3) is 0 Å². The first kappa shape index (κ1) is 23.4. The van der Waals surface area contributed by atoms with Gasteiger partial charge >= 0.3 is 6.36 Å². The quantitative estimate of drug-likeness (QED) is 0.608. The van der Waals surface area contributed by atoms with Gasteiger partial charge in [-0.1, -0.05) is 49.2 Å². The van der Waals surface area contributed by atoms with Crippen LogP contribution in [0.1, 0.15) is 32.6 Å². The van der Waals surface area contributed by atoms with Crippen LogP contribution in [0.3, 0.4) is 0 Å². The molecule has 1 saturated heterocycles. The van der Waals surface area contributed by atoms with Crippen molar-refractivity contribution in [2.75, 3.05) is 11.9 Å². The van der Waals surface area contributed by atoms with Crippen LogP contribution in [-0.2, 0) is 4.79 Å². The molecule has 9 heteroatoms. The number of nitrogens with one attached hydrogen (secondary N) is 1. The molecule has 2 aromatic rings. The van der Waals surface area contributed by atoms with Gasteiger partial charge in [0.05, 0.1) is 11.1 Å². The zero-order valence-electron chi connectivity index (χ0n) is 17.0. The second-order valence-corrected chi connectivity index (χ2v) is 7.77. The maximum atomic E-state index is 12.8. The predicted octanol–water partition coefficient (Wildman–Crippen LogP) is 5.43. The Kier molecular flexibility index (Phi) is 7.46. The summed E-state index contributed by atoms with van der Waals surface area (Å²) in [7, 11) is 0. The molecule has 2 unspecified atom stereocenters. The Morgan fingerprint density at radius 2 is 2.00 bits per heavy atom. The zero-order valence-corrected chi connectivity index (χ0v) is 17.7. The molecule has 0 bridgehead atoms. The summed E-state index contributed by atoms with van der Waals surface area (Å²) in [5.74, 6) is -0.614. The molecule has 1 aliphatic heterocycles. The first-order valence-corrected chi connectivity index (χ1v) is 10.5. The highest BCUT2D eigenvalue weighted by Crippen LogP contribution is 2.38. The topological polar surface area (TPSA) is 61.8 Å². The molecule has 168 valence electrons. The summed E-state index contributed by atoms with van der Waals surface area (Å²) < 4.78 is 42.2. The number of ether oxygens (including phenoxy) is 1. The van der Waals surface area contributed by atoms with E-state index in [-0.39, 0.29) is 22.2 Å². The van der Waals surface area contributed by atoms with Crippen LogP contribution in [0.4, 0.5) is 18.9 Å². The third-order valence-corrected chi connectivity index (χ3v) is 5.55. The number of aliphatic hydroxyl groups excluding tert-OH is 1. The van der Waals surface area contributed by atoms with Gasteiger partial charge < -0.3 is 15.2 Å². The normalized spacial score (nSPS) is 18.5. The number of hydrogen-bond donors (Lipinski definition) is 2. The van der Waals surface area contributed by atoms with Crippen molar-refractivity contribution in [3.8, 4) is 16.9 Å². The largest absolute Gasteiger partial charge is 0.573 e. The number of carbonyl (C=O) groups excluding carboxylic acids is 1. The predicted molar refractivity (Wildman–Crippen MR) is 113 cm³/mol. The van der Waals surface area contributed by atoms with Gasteiger partial charge in [0.1, 0.15) is 12.0 Å². The van der Waals surface area contributed by atoms with Gasteiger partial charge in [0.15, 0.2) is 0 Å². The van der Waals surface area contributed by atoms with Crippen molar-refractivity contribution in [3.05, 3.63) is 47.5 Å². The zero-order chi connectivity index (χ0) is 22.6. The number of benzene rings is 2. The average Bonchev–Trinajstić information content (AvgIpc) is 2.73. The molecule has 5 nitrogen and oxygen atoms in total. The number of piperidine rings is 1. The van der Waals surface area contributed by atoms with Gasteiger partial charge in [-0.15, -0.1) is 13.2 Å². The van der Waals surface area contributed by atoms with Crippen LogP contribution in [0, 0.1) is 0 Å². The minimum Gasteiger partial charge on any atom is -0.405 e. The number of hydrogen-bond acceptors (Lipinski definition) is 4. The molecular formula is C22H24ClF3N2O3. The number of aliphatic hydroxyl groups is 1. The number of amides is 1. The lowest BCUT2D eigenvalue weighted by molar-refractivity contribution is -0.274. The van der Waals surface area contributed by atoms with Gasteiger partial charge in [-0.05, 0) is 37.5 Å². The van der Waals surface area contributed by atoms with Gasteiger partial charge in [0, 0.05) is 23.4 Å². The molecule has 0 saturated carbocycles. The lowest BCUT2D eigenvalue weighted by Crippen LogP contribution is -2.51. The summed E-state index contributed by atoms with van der Waals surface area (Å²) in [6.07, 6.45) is -2.56. The number of rotatable bonds is 6. The molecule has 2 atom stereocenters. The first-order chi connectivity index (χ1) is 14.7. The molecular weight excluding hydrogens is 433 g/mol. The Labute approximate surface area is 183 Å². The number of alkyl halides is 3. The van der Waals surface area contributed by atoms with E-state index in [2.05, 4.69) is 10.1 Å². The first-order valence-electron chi connectivity index (χ1n) is 10.1. The molecule has 1 aliphatic rings. The Morgan fingerprint density at radius 1 is 1.26 bits per heavy atom. The van der Waals surface area contributed by atoms with Crippen molar-refractivity contribution in [2.45, 2.75) is 51.2 Å². The second kappa shape index (κ2) is 9.89. The minimum atomic E-state index is -4.83. The Morgan fingerprint density at radius 3 is 2.68 bits per heavy atom. The molecule has 0 radical (unpaired) electrons. The van der Waals surface area contributed by atoms with Gasteiger partial charge in [-0.2, -0.15) is 0 Å². The molecule has 0 aliphatic carbocycles. The minimum absolute atomic E-state index is 0.171. The maximum Gasteiger partial charge on any atom is 0.573 e. The van der Waals surface area contributed by atoms with Crippen molar-refractivity contribution in [2.24, 2.45) is 0 Å². The van der Waals surface area contributed by atoms with Gasteiger partial charge in [0.2, 0.25) is 5.91 Å². The third-order valence-electron chi connectivity index (χ3n) is 5.23. The fraction of sp³-hybridized carbons (Fsp3) is 0.409. The van der Waals surface area contributed by atoms with Crippen molar-refractivity contribution in [1.29, 1.82) is 0 Å². The Hall–Kier alpha value is -2.29. The van der Waals surface area contributed by atoms with Crippen LogP contribution in [-0.4, -0.2) is 41.1 Å². The Balaban J connectivity index is 1.80. The molecule has 1 fully saturated rings. The van der Waals surface area contributed by atoms with Gasteiger partial charge in [-0.25, -0.2) is 0 Å². The summed E-state index contributed by atoms with van der Waals surface area (Å²) in [4.78, 5) is 14.6. The van der Waals surface area contributed by atoms with Crippen molar-refractivity contribution in [1.82, 2.24) is 4.90 Å². The number of para-hydroxylation sites is 1. The number of nitrogens with zero attached hydrogens (tertiary/aromatic N) is 1. The molecule has 31 heavy (non-hydrogen) atoms. The van der Waals surface area contributed by atoms with E-state index in [1.165, 1.54) is 30.3 Å². The van der Waals surface area contributed by atoms with Crippen LogP contribution in [0.15, 0.2) is 42.5 Å². The smallest absolute Gasteiger partial charge is 0.405 e. The summed E-state index contributed by atoms with van der Waals surface area (Å²) in [5, 5.41) is 13.2. The number of likely N-dealkylation sites (tertiary alicyclic amines) is 1. The SMILES string of the molecule is CCC(O)N1CCCCC1C(=O)Nc1ccc(-c2ccccc2OC(F)(F)F)c(Cl)c1. The lowest BCUT2D eigenvalue weighted by Gasteiger charge is -2.37. The monoisotopic (exact) mass is 456 g/mol. The molecule has 1 amide bonds. The molecule has 2 aromatic carbocycles. The van der Waals surface area contributed by atoms with E-state index >= 15 is 0 Å². The Bertz CT molecular complexity index is 923. The van der Waals surface area contributed by atoms with E-state index in [0.29, 0.717) is 30.6 Å². The molecule has 0 spiro atoms. The van der Waals surface area contributed by atoms with Crippen molar-refractivity contribution < 1.29 is 27.8 Å². The summed E-state index contributed by atoms with van der Waals surface area (Å²) >= 11 is 6.34. The molecule has 1 heterocycles. The fourth-order valence-electron chi connectivity index (χ4n) is 3.77. The summed E-state index contributed by atoms with van der Waals surface area (Å²) in [6, 6.07) is 9.86. The van der Waals surface area contributed by atoms with Crippen molar-refractivity contribution in [3.63, 3.8) is 0 Å². The lowest BCUT2D eigenvalue weighted by atomic mass is 10.00. The van der Waals surface area contributed by atoms with E-state index in [9.17, 15) is 23.1 Å². The van der Waals surface area contributed by atoms with Crippen LogP contribution >= 0.6 is 11.6 Å². The van der Waals surface area contributed by atoms with Gasteiger partial charge in [-0.3, -0.25) is 9.69 Å². The third kappa shape index (κ3) is 5.90. The van der Waals surface area contributed by atoms with Crippen LogP contribution in [0.25, 0.3) is 11.1 Å². The van der Waals surface area contributed by atoms with Crippen LogP contribution in [0.5, 0.6) is 5.75 Å². The van der Waals surface area contributed by atoms with Crippen LogP contribution in [0.2, 0.25) is 5.02 Å².